The summed E-state index contributed by atoms with van der Waals surface area (Å²) >= 11 is 11.7. The first kappa shape index (κ1) is 15.1. The summed E-state index contributed by atoms with van der Waals surface area (Å²) in [4.78, 5) is 11.6. The number of halogens is 2. The molecule has 1 aromatic rings. The molecule has 6 heteroatoms. The summed E-state index contributed by atoms with van der Waals surface area (Å²) < 4.78 is 5.26. The van der Waals surface area contributed by atoms with Crippen molar-refractivity contribution in [3.8, 4) is 5.75 Å². The fourth-order valence-corrected chi connectivity index (χ4v) is 1.52. The van der Waals surface area contributed by atoms with Crippen molar-refractivity contribution in [3.63, 3.8) is 0 Å². The number of ether oxygens (including phenoxy) is 1. The molecule has 1 aromatic carbocycles. The summed E-state index contributed by atoms with van der Waals surface area (Å²) in [6.07, 6.45) is 0. The lowest BCUT2D eigenvalue weighted by atomic mass is 10.1. The maximum atomic E-state index is 11.6. The van der Waals surface area contributed by atoms with Gasteiger partial charge in [-0.15, -0.1) is 0 Å². The van der Waals surface area contributed by atoms with Crippen molar-refractivity contribution in [3.05, 3.63) is 28.2 Å². The van der Waals surface area contributed by atoms with E-state index in [4.69, 9.17) is 33.0 Å². The molecule has 0 radical (unpaired) electrons. The molecule has 0 aliphatic heterocycles. The van der Waals surface area contributed by atoms with Gasteiger partial charge in [-0.05, 0) is 26.0 Å². The van der Waals surface area contributed by atoms with E-state index in [2.05, 4.69) is 5.32 Å². The number of nitrogens with one attached hydrogen (secondary N) is 1. The molecule has 0 atom stereocenters. The van der Waals surface area contributed by atoms with Gasteiger partial charge in [0.2, 0.25) is 0 Å². The van der Waals surface area contributed by atoms with Gasteiger partial charge in [0, 0.05) is 11.1 Å². The third kappa shape index (κ3) is 4.72. The van der Waals surface area contributed by atoms with Crippen molar-refractivity contribution in [1.82, 2.24) is 5.32 Å². The molecule has 2 N–H and O–H groups in total. The molecule has 100 valence electrons. The molecule has 0 aliphatic carbocycles. The fraction of sp³-hybridized carbons (Fsp3) is 0.417. The number of hydrogen-bond donors (Lipinski definition) is 2. The minimum Gasteiger partial charge on any atom is -0.482 e. The molecule has 0 aromatic heterocycles. The van der Waals surface area contributed by atoms with E-state index >= 15 is 0 Å². The van der Waals surface area contributed by atoms with Crippen LogP contribution in [0.15, 0.2) is 18.2 Å². The van der Waals surface area contributed by atoms with Gasteiger partial charge in [-0.3, -0.25) is 4.79 Å². The second-order valence-electron chi connectivity index (χ2n) is 4.45. The Morgan fingerprint density at radius 1 is 1.44 bits per heavy atom. The van der Waals surface area contributed by atoms with E-state index in [1.165, 1.54) is 6.07 Å². The Morgan fingerprint density at radius 3 is 2.72 bits per heavy atom. The van der Waals surface area contributed by atoms with E-state index in [-0.39, 0.29) is 19.1 Å². The smallest absolute Gasteiger partial charge is 0.258 e. The Morgan fingerprint density at radius 2 is 2.11 bits per heavy atom. The first-order valence-corrected chi connectivity index (χ1v) is 6.09. The Balaban J connectivity index is 2.55. The molecule has 0 bridgehead atoms. The number of hydrogen-bond acceptors (Lipinski definition) is 3. The van der Waals surface area contributed by atoms with Crippen LogP contribution in [-0.4, -0.2) is 29.8 Å². The van der Waals surface area contributed by atoms with Crippen molar-refractivity contribution in [1.29, 1.82) is 0 Å². The van der Waals surface area contributed by atoms with Crippen LogP contribution in [-0.2, 0) is 4.79 Å². The normalized spacial score (nSPS) is 11.2. The first-order valence-electron chi connectivity index (χ1n) is 5.34. The molecular formula is C12H15Cl2NO3. The number of benzene rings is 1. The number of aliphatic hydroxyl groups is 1. The van der Waals surface area contributed by atoms with E-state index < -0.39 is 5.54 Å². The van der Waals surface area contributed by atoms with Gasteiger partial charge in [0.05, 0.1) is 17.2 Å². The summed E-state index contributed by atoms with van der Waals surface area (Å²) in [7, 11) is 0. The number of carbonyl (C=O) groups excluding carboxylic acids is 1. The summed E-state index contributed by atoms with van der Waals surface area (Å²) in [5.41, 5.74) is -0.682. The minimum atomic E-state index is -0.682. The van der Waals surface area contributed by atoms with Crippen LogP contribution in [0.2, 0.25) is 10.0 Å². The molecule has 0 unspecified atom stereocenters. The fourth-order valence-electron chi connectivity index (χ4n) is 1.18. The van der Waals surface area contributed by atoms with Crippen molar-refractivity contribution < 1.29 is 14.6 Å². The molecule has 0 spiro atoms. The lowest BCUT2D eigenvalue weighted by Crippen LogP contribution is -2.48. The van der Waals surface area contributed by atoms with E-state index in [1.54, 1.807) is 26.0 Å². The lowest BCUT2D eigenvalue weighted by molar-refractivity contribution is -0.125. The second-order valence-corrected chi connectivity index (χ2v) is 5.30. The average molecular weight is 292 g/mol. The topological polar surface area (TPSA) is 58.6 Å². The molecule has 0 saturated carbocycles. The maximum absolute atomic E-state index is 11.6. The van der Waals surface area contributed by atoms with Crippen molar-refractivity contribution in [2.45, 2.75) is 19.4 Å². The van der Waals surface area contributed by atoms with Crippen molar-refractivity contribution in [2.75, 3.05) is 13.2 Å². The van der Waals surface area contributed by atoms with Crippen LogP contribution < -0.4 is 10.1 Å². The Hall–Kier alpha value is -0.970. The third-order valence-corrected chi connectivity index (χ3v) is 2.67. The van der Waals surface area contributed by atoms with Crippen LogP contribution in [0.25, 0.3) is 0 Å². The molecule has 18 heavy (non-hydrogen) atoms. The minimum absolute atomic E-state index is 0.156. The summed E-state index contributed by atoms with van der Waals surface area (Å²) in [6.45, 7) is 3.06. The third-order valence-electron chi connectivity index (χ3n) is 2.13. The molecular weight excluding hydrogens is 277 g/mol. The highest BCUT2D eigenvalue weighted by Gasteiger charge is 2.19. The quantitative estimate of drug-likeness (QED) is 0.875. The number of amides is 1. The van der Waals surface area contributed by atoms with Crippen LogP contribution in [0.4, 0.5) is 0 Å². The summed E-state index contributed by atoms with van der Waals surface area (Å²) in [6, 6.07) is 4.76. The zero-order chi connectivity index (χ0) is 13.8. The van der Waals surface area contributed by atoms with Gasteiger partial charge >= 0.3 is 0 Å². The van der Waals surface area contributed by atoms with Crippen LogP contribution in [0.1, 0.15) is 13.8 Å². The van der Waals surface area contributed by atoms with Gasteiger partial charge < -0.3 is 15.2 Å². The Bertz CT molecular complexity index is 435. The first-order chi connectivity index (χ1) is 8.34. The van der Waals surface area contributed by atoms with Gasteiger partial charge in [0.15, 0.2) is 6.61 Å². The van der Waals surface area contributed by atoms with Crippen LogP contribution in [0.5, 0.6) is 5.75 Å². The predicted molar refractivity (Wildman–Crippen MR) is 71.3 cm³/mol. The van der Waals surface area contributed by atoms with E-state index in [1.807, 2.05) is 0 Å². The van der Waals surface area contributed by atoms with Gasteiger partial charge in [-0.1, -0.05) is 23.2 Å². The summed E-state index contributed by atoms with van der Waals surface area (Å²) in [5, 5.41) is 12.5. The van der Waals surface area contributed by atoms with Crippen LogP contribution in [0.3, 0.4) is 0 Å². The monoisotopic (exact) mass is 291 g/mol. The Kier molecular flexibility index (Phi) is 5.26. The predicted octanol–water partition coefficient (Wildman–Crippen LogP) is 2.26. The average Bonchev–Trinajstić information content (AvgIpc) is 2.30. The molecule has 1 rings (SSSR count). The van der Waals surface area contributed by atoms with Gasteiger partial charge in [-0.25, -0.2) is 0 Å². The van der Waals surface area contributed by atoms with Crippen molar-refractivity contribution in [2.24, 2.45) is 0 Å². The van der Waals surface area contributed by atoms with Crippen LogP contribution in [0, 0.1) is 0 Å². The maximum Gasteiger partial charge on any atom is 0.258 e. The molecule has 0 saturated heterocycles. The van der Waals surface area contributed by atoms with Gasteiger partial charge in [-0.2, -0.15) is 0 Å². The van der Waals surface area contributed by atoms with Gasteiger partial charge in [0.25, 0.3) is 5.91 Å². The van der Waals surface area contributed by atoms with E-state index in [9.17, 15) is 4.79 Å². The zero-order valence-electron chi connectivity index (χ0n) is 10.2. The highest BCUT2D eigenvalue weighted by atomic mass is 35.5. The molecule has 4 nitrogen and oxygen atoms in total. The van der Waals surface area contributed by atoms with Crippen molar-refractivity contribution >= 4 is 29.1 Å². The highest BCUT2D eigenvalue weighted by Crippen LogP contribution is 2.27. The molecule has 1 amide bonds. The van der Waals surface area contributed by atoms with Crippen LogP contribution >= 0.6 is 23.2 Å². The highest BCUT2D eigenvalue weighted by molar-refractivity contribution is 6.34. The lowest BCUT2D eigenvalue weighted by Gasteiger charge is -2.23. The molecule has 0 aliphatic rings. The number of rotatable bonds is 5. The number of aliphatic hydroxyl groups excluding tert-OH is 1. The zero-order valence-corrected chi connectivity index (χ0v) is 11.7. The number of carbonyl (C=O) groups is 1. The second kappa shape index (κ2) is 6.27. The van der Waals surface area contributed by atoms with E-state index in [0.29, 0.717) is 15.8 Å². The SMILES string of the molecule is CC(C)(CO)NC(=O)COc1cc(Cl)ccc1Cl. The van der Waals surface area contributed by atoms with Gasteiger partial charge in [0.1, 0.15) is 5.75 Å². The Labute approximate surface area is 116 Å². The summed E-state index contributed by atoms with van der Waals surface area (Å²) in [5.74, 6) is 0.00575. The standard InChI is InChI=1S/C12H15Cl2NO3/c1-12(2,7-16)15-11(17)6-18-10-5-8(13)3-4-9(10)14/h3-5,16H,6-7H2,1-2H3,(H,15,17). The largest absolute Gasteiger partial charge is 0.482 e. The molecule has 0 heterocycles. The van der Waals surface area contributed by atoms with E-state index in [0.717, 1.165) is 0 Å². The molecule has 0 fully saturated rings.